The van der Waals surface area contributed by atoms with Gasteiger partial charge >= 0.3 is 19.0 Å². The molecule has 0 saturated carbocycles. The number of aromatic nitrogens is 4. The van der Waals surface area contributed by atoms with Crippen molar-refractivity contribution in [1.82, 2.24) is 4.68 Å². The molecule has 8 aromatic rings. The van der Waals surface area contributed by atoms with Gasteiger partial charge in [0.25, 0.3) is 0 Å². The van der Waals surface area contributed by atoms with Crippen LogP contribution < -0.4 is 13.8 Å². The summed E-state index contributed by atoms with van der Waals surface area (Å²) in [5.74, 6) is 0. The van der Waals surface area contributed by atoms with Crippen molar-refractivity contribution < 1.29 is 13.8 Å². The van der Waals surface area contributed by atoms with Crippen LogP contribution in [0.5, 0.6) is 0 Å². The Labute approximate surface area is 268 Å². The molecule has 0 bridgehead atoms. The molecular weight excluding hydrogens is 560 g/mol. The molecule has 2 aromatic heterocycles. The summed E-state index contributed by atoms with van der Waals surface area (Å²) in [4.78, 5) is 0. The van der Waals surface area contributed by atoms with E-state index in [9.17, 15) is 0 Å². The first kappa shape index (κ1) is 26.5. The lowest BCUT2D eigenvalue weighted by molar-refractivity contribution is -0.901. The van der Waals surface area contributed by atoms with Gasteiger partial charge in [-0.3, -0.25) is 0 Å². The number of para-hydroxylation sites is 2. The molecule has 46 heavy (non-hydrogen) atoms. The summed E-state index contributed by atoms with van der Waals surface area (Å²) in [6, 6.07) is 52.4. The van der Waals surface area contributed by atoms with Crippen LogP contribution in [-0.4, -0.2) is 4.68 Å². The minimum absolute atomic E-state index is 0.0783. The molecule has 6 aromatic carbocycles. The van der Waals surface area contributed by atoms with E-state index < -0.39 is 0 Å². The standard InChI is InChI=1S/C42H33N4/c1-42(2)38-21-13-12-20-34(38)36-26-41-37(25-39(36)42)35-23-22-31(30-14-6-3-7-15-30)24-40(35)46(41)45-28-43(32-16-8-4-9-17-32)27-44(29-45)33-18-10-5-11-19-33/h3-29H,1-2H3/q+3. The van der Waals surface area contributed by atoms with Gasteiger partial charge in [0, 0.05) is 45.1 Å². The quantitative estimate of drug-likeness (QED) is 0.184. The van der Waals surface area contributed by atoms with Crippen molar-refractivity contribution in [3.8, 4) is 33.6 Å². The molecule has 1 aliphatic carbocycles. The van der Waals surface area contributed by atoms with E-state index in [1.807, 2.05) is 0 Å². The van der Waals surface area contributed by atoms with Gasteiger partial charge in [-0.15, -0.1) is 4.68 Å². The number of hydrogen-bond donors (Lipinski definition) is 0. The second-order valence-electron chi connectivity index (χ2n) is 12.7. The average Bonchev–Trinajstić information content (AvgIpc) is 3.56. The predicted molar refractivity (Wildman–Crippen MR) is 183 cm³/mol. The molecule has 0 radical (unpaired) electrons. The van der Waals surface area contributed by atoms with Gasteiger partial charge in [-0.25, -0.2) is 0 Å². The third-order valence-electron chi connectivity index (χ3n) is 9.63. The molecule has 9 rings (SSSR count). The summed E-state index contributed by atoms with van der Waals surface area (Å²) < 4.78 is 9.00. The van der Waals surface area contributed by atoms with Crippen LogP contribution in [-0.2, 0) is 5.41 Å². The second-order valence-corrected chi connectivity index (χ2v) is 12.7. The number of fused-ring (bicyclic) bond motifs is 6. The molecule has 2 heterocycles. The highest BCUT2D eigenvalue weighted by atomic mass is 15.5. The van der Waals surface area contributed by atoms with Crippen LogP contribution in [0.15, 0.2) is 165 Å². The topological polar surface area (TPSA) is 16.6 Å². The number of hydrogen-bond acceptors (Lipinski definition) is 0. The maximum Gasteiger partial charge on any atom is 0.452 e. The lowest BCUT2D eigenvalue weighted by atomic mass is 9.82. The Morgan fingerprint density at radius 1 is 0.457 bits per heavy atom. The molecular formula is C42H33N4+3. The third kappa shape index (κ3) is 4.04. The van der Waals surface area contributed by atoms with Gasteiger partial charge in [0.05, 0.1) is 0 Å². The number of nitrogens with zero attached hydrogens (tertiary/aromatic N) is 4. The first-order valence-corrected chi connectivity index (χ1v) is 15.8. The zero-order valence-electron chi connectivity index (χ0n) is 25.9. The van der Waals surface area contributed by atoms with Crippen LogP contribution in [0.2, 0.25) is 0 Å². The monoisotopic (exact) mass is 593 g/mol. The van der Waals surface area contributed by atoms with Gasteiger partial charge < -0.3 is 0 Å². The zero-order valence-corrected chi connectivity index (χ0v) is 25.9. The molecule has 0 atom stereocenters. The van der Waals surface area contributed by atoms with Crippen LogP contribution in [0.1, 0.15) is 25.0 Å². The minimum Gasteiger partial charge on any atom is -0.105 e. The van der Waals surface area contributed by atoms with Crippen molar-refractivity contribution in [2.45, 2.75) is 19.3 Å². The van der Waals surface area contributed by atoms with E-state index >= 15 is 0 Å². The van der Waals surface area contributed by atoms with E-state index in [2.05, 4.69) is 197 Å². The summed E-state index contributed by atoms with van der Waals surface area (Å²) in [6.45, 7) is 4.71. The van der Waals surface area contributed by atoms with Gasteiger partial charge in [-0.05, 0) is 60.7 Å². The van der Waals surface area contributed by atoms with Crippen molar-refractivity contribution in [1.29, 1.82) is 0 Å². The fourth-order valence-corrected chi connectivity index (χ4v) is 7.30. The summed E-state index contributed by atoms with van der Waals surface area (Å²) in [6.07, 6.45) is 6.49. The van der Waals surface area contributed by atoms with Gasteiger partial charge in [-0.1, -0.05) is 117 Å². The molecule has 4 nitrogen and oxygen atoms in total. The zero-order chi connectivity index (χ0) is 30.8. The summed E-state index contributed by atoms with van der Waals surface area (Å²) in [5.41, 5.74) is 12.2. The highest BCUT2D eigenvalue weighted by molar-refractivity contribution is 6.10. The molecule has 0 N–H and O–H groups in total. The molecule has 0 spiro atoms. The Kier molecular flexibility index (Phi) is 5.81. The Morgan fingerprint density at radius 3 is 1.72 bits per heavy atom. The van der Waals surface area contributed by atoms with Crippen LogP contribution in [0, 0.1) is 0 Å². The first-order valence-electron chi connectivity index (χ1n) is 15.8. The van der Waals surface area contributed by atoms with E-state index in [1.54, 1.807) is 0 Å². The maximum absolute atomic E-state index is 2.45. The summed E-state index contributed by atoms with van der Waals surface area (Å²) >= 11 is 0. The van der Waals surface area contributed by atoms with Crippen LogP contribution in [0.3, 0.4) is 0 Å². The van der Waals surface area contributed by atoms with E-state index in [4.69, 9.17) is 0 Å². The van der Waals surface area contributed by atoms with Crippen LogP contribution in [0.4, 0.5) is 0 Å². The lowest BCUT2D eigenvalue weighted by Crippen LogP contribution is -2.58. The highest BCUT2D eigenvalue weighted by Crippen LogP contribution is 2.50. The van der Waals surface area contributed by atoms with E-state index in [1.165, 1.54) is 49.7 Å². The van der Waals surface area contributed by atoms with Gasteiger partial charge in [0.15, 0.2) is 0 Å². The van der Waals surface area contributed by atoms with Crippen molar-refractivity contribution in [3.63, 3.8) is 0 Å². The molecule has 0 fully saturated rings. The smallest absolute Gasteiger partial charge is 0.105 e. The molecule has 0 aliphatic heterocycles. The van der Waals surface area contributed by atoms with E-state index in [0.29, 0.717) is 0 Å². The first-order chi connectivity index (χ1) is 22.6. The van der Waals surface area contributed by atoms with Gasteiger partial charge in [0.1, 0.15) is 11.0 Å². The molecule has 0 saturated heterocycles. The van der Waals surface area contributed by atoms with Crippen LogP contribution >= 0.6 is 0 Å². The van der Waals surface area contributed by atoms with Crippen molar-refractivity contribution in [2.24, 2.45) is 0 Å². The van der Waals surface area contributed by atoms with E-state index in [0.717, 1.165) is 16.9 Å². The Hall–Kier alpha value is -5.87. The maximum atomic E-state index is 2.45. The van der Waals surface area contributed by atoms with Crippen LogP contribution in [0.25, 0.3) is 55.4 Å². The number of benzene rings is 6. The second kappa shape index (κ2) is 10.1. The number of rotatable bonds is 4. The Morgan fingerprint density at radius 2 is 1.04 bits per heavy atom. The SMILES string of the molecule is CC1(C)c2ccccc2-c2cc3c(cc21)c1ccc(-c2ccccc2)cc1n3-[n+]1c[n+](-c2ccccc2)c[n+](-c2ccccc2)c1. The average molecular weight is 594 g/mol. The van der Waals surface area contributed by atoms with Gasteiger partial charge in [-0.2, -0.15) is 0 Å². The molecule has 218 valence electrons. The van der Waals surface area contributed by atoms with Crippen molar-refractivity contribution >= 4 is 21.8 Å². The van der Waals surface area contributed by atoms with Gasteiger partial charge in [0.2, 0.25) is 11.4 Å². The highest BCUT2D eigenvalue weighted by Gasteiger charge is 2.37. The molecule has 0 unspecified atom stereocenters. The Bertz CT molecular complexity index is 2370. The molecule has 0 amide bonds. The van der Waals surface area contributed by atoms with Crippen molar-refractivity contribution in [3.05, 3.63) is 176 Å². The third-order valence-corrected chi connectivity index (χ3v) is 9.63. The molecule has 4 heteroatoms. The van der Waals surface area contributed by atoms with E-state index in [-0.39, 0.29) is 5.41 Å². The predicted octanol–water partition coefficient (Wildman–Crippen LogP) is 7.92. The fraction of sp³-hybridized carbons (Fsp3) is 0.0714. The summed E-state index contributed by atoms with van der Waals surface area (Å²) in [5, 5.41) is 2.49. The molecule has 1 aliphatic rings. The lowest BCUT2D eigenvalue weighted by Gasteiger charge is -2.21. The summed E-state index contributed by atoms with van der Waals surface area (Å²) in [7, 11) is 0. The minimum atomic E-state index is -0.0783. The largest absolute Gasteiger partial charge is 0.452 e. The Balaban J connectivity index is 1.40. The normalized spacial score (nSPS) is 13.2. The fourth-order valence-electron chi connectivity index (χ4n) is 7.30. The van der Waals surface area contributed by atoms with Crippen molar-refractivity contribution in [2.75, 3.05) is 0 Å².